The van der Waals surface area contributed by atoms with Gasteiger partial charge in [0.2, 0.25) is 0 Å². The van der Waals surface area contributed by atoms with E-state index in [9.17, 15) is 0 Å². The van der Waals surface area contributed by atoms with Crippen LogP contribution in [0.25, 0.3) is 0 Å². The predicted molar refractivity (Wildman–Crippen MR) is 81.2 cm³/mol. The van der Waals surface area contributed by atoms with Gasteiger partial charge >= 0.3 is 0 Å². The third kappa shape index (κ3) is 2.84. The fraction of sp³-hybridized carbons (Fsp3) is 0.692. The average Bonchev–Trinajstić information content (AvgIpc) is 2.66. The molecule has 2 fully saturated rings. The van der Waals surface area contributed by atoms with Crippen molar-refractivity contribution < 1.29 is 4.74 Å². The summed E-state index contributed by atoms with van der Waals surface area (Å²) < 4.78 is 5.75. The first-order valence-corrected chi connectivity index (χ1v) is 8.09. The Kier molecular flexibility index (Phi) is 4.00. The summed E-state index contributed by atoms with van der Waals surface area (Å²) in [5, 5.41) is 0.735. The molecule has 0 amide bonds. The highest BCUT2D eigenvalue weighted by Crippen LogP contribution is 2.24. The smallest absolute Gasteiger partial charge is 0.191 e. The van der Waals surface area contributed by atoms with Gasteiger partial charge in [0, 0.05) is 31.6 Å². The van der Waals surface area contributed by atoms with E-state index in [0.717, 1.165) is 43.8 Å². The maximum absolute atomic E-state index is 5.90. The van der Waals surface area contributed by atoms with Crippen LogP contribution in [0.5, 0.6) is 0 Å². The zero-order valence-corrected chi connectivity index (χ0v) is 12.8. The van der Waals surface area contributed by atoms with Crippen LogP contribution in [0.15, 0.2) is 11.2 Å². The highest BCUT2D eigenvalue weighted by molar-refractivity contribution is 7.98. The Balaban J connectivity index is 1.88. The van der Waals surface area contributed by atoms with E-state index >= 15 is 0 Å². The number of fused-ring (bicyclic) bond motifs is 3. The normalized spacial score (nSPS) is 27.4. The lowest BCUT2D eigenvalue weighted by atomic mass is 10.1. The molecule has 2 aliphatic heterocycles. The molecule has 7 heteroatoms. The number of nitrogen functional groups attached to an aromatic ring is 1. The van der Waals surface area contributed by atoms with Gasteiger partial charge in [-0.1, -0.05) is 11.8 Å². The van der Waals surface area contributed by atoms with Gasteiger partial charge in [0.1, 0.15) is 11.6 Å². The average molecular weight is 295 g/mol. The molecule has 0 radical (unpaired) electrons. The molecule has 20 heavy (non-hydrogen) atoms. The number of rotatable bonds is 2. The molecule has 0 spiro atoms. The maximum atomic E-state index is 5.90. The van der Waals surface area contributed by atoms with Gasteiger partial charge in [-0.25, -0.2) is 9.97 Å². The van der Waals surface area contributed by atoms with Crippen LogP contribution in [-0.2, 0) is 4.74 Å². The molecule has 2 saturated heterocycles. The largest absolute Gasteiger partial charge is 0.383 e. The molecule has 0 aromatic carbocycles. The molecule has 0 unspecified atom stereocenters. The number of nitrogens with two attached hydrogens (primary N) is 1. The number of ether oxygens (including phenoxy) is 1. The standard InChI is InChI=1S/C13H21N5OS/c1-17-4-9-5-18(6-10(17)8-19-7-9)12-3-11(14)15-13(16-12)20-2/h3,9-10H,4-8H2,1-2H3,(H2,14,15,16)/t9-,10+/m1/s1. The number of anilines is 2. The van der Waals surface area contributed by atoms with Crippen molar-refractivity contribution in [2.45, 2.75) is 11.2 Å². The fourth-order valence-corrected chi connectivity index (χ4v) is 3.30. The van der Waals surface area contributed by atoms with Crippen molar-refractivity contribution in [2.24, 2.45) is 5.92 Å². The van der Waals surface area contributed by atoms with Gasteiger partial charge in [0.15, 0.2) is 5.16 Å². The number of nitrogens with zero attached hydrogens (tertiary/aromatic N) is 4. The lowest BCUT2D eigenvalue weighted by Gasteiger charge is -2.30. The summed E-state index contributed by atoms with van der Waals surface area (Å²) in [4.78, 5) is 13.6. The highest BCUT2D eigenvalue weighted by atomic mass is 32.2. The first-order valence-electron chi connectivity index (χ1n) is 6.87. The van der Waals surface area contributed by atoms with E-state index in [1.165, 1.54) is 11.8 Å². The Morgan fingerprint density at radius 1 is 1.30 bits per heavy atom. The Morgan fingerprint density at radius 2 is 2.15 bits per heavy atom. The monoisotopic (exact) mass is 295 g/mol. The van der Waals surface area contributed by atoms with Crippen LogP contribution < -0.4 is 10.6 Å². The molecule has 1 aromatic rings. The third-order valence-electron chi connectivity index (χ3n) is 3.96. The van der Waals surface area contributed by atoms with Crippen molar-refractivity contribution in [2.75, 3.05) is 56.8 Å². The second-order valence-electron chi connectivity index (χ2n) is 5.54. The van der Waals surface area contributed by atoms with Crippen LogP contribution in [0.1, 0.15) is 0 Å². The Labute approximate surface area is 123 Å². The maximum Gasteiger partial charge on any atom is 0.191 e. The minimum atomic E-state index is 0.413. The van der Waals surface area contributed by atoms with E-state index in [-0.39, 0.29) is 0 Å². The van der Waals surface area contributed by atoms with Crippen molar-refractivity contribution in [3.05, 3.63) is 6.07 Å². The molecule has 2 aliphatic rings. The summed E-state index contributed by atoms with van der Waals surface area (Å²) >= 11 is 1.52. The summed E-state index contributed by atoms with van der Waals surface area (Å²) in [6, 6.07) is 2.29. The van der Waals surface area contributed by atoms with E-state index in [4.69, 9.17) is 10.5 Å². The highest BCUT2D eigenvalue weighted by Gasteiger charge is 2.32. The van der Waals surface area contributed by atoms with Crippen LogP contribution in [0.2, 0.25) is 0 Å². The van der Waals surface area contributed by atoms with Gasteiger partial charge in [-0.2, -0.15) is 0 Å². The van der Waals surface area contributed by atoms with Gasteiger partial charge in [0.05, 0.1) is 19.3 Å². The molecule has 6 nitrogen and oxygen atoms in total. The summed E-state index contributed by atoms with van der Waals surface area (Å²) in [6.45, 7) is 4.59. The molecule has 1 aromatic heterocycles. The number of likely N-dealkylation sites (N-methyl/N-ethyl adjacent to an activating group) is 1. The van der Waals surface area contributed by atoms with Gasteiger partial charge in [-0.15, -0.1) is 0 Å². The van der Waals surface area contributed by atoms with Crippen LogP contribution in [0.4, 0.5) is 11.6 Å². The molecule has 3 rings (SSSR count). The zero-order valence-electron chi connectivity index (χ0n) is 12.0. The van der Waals surface area contributed by atoms with Crippen LogP contribution in [-0.4, -0.2) is 67.1 Å². The van der Waals surface area contributed by atoms with Gasteiger partial charge in [-0.05, 0) is 13.3 Å². The molecule has 110 valence electrons. The van der Waals surface area contributed by atoms with Gasteiger partial charge in [0.25, 0.3) is 0 Å². The number of thioether (sulfide) groups is 1. The Bertz CT molecular complexity index is 486. The second kappa shape index (κ2) is 5.75. The van der Waals surface area contributed by atoms with Crippen molar-refractivity contribution in [1.29, 1.82) is 0 Å². The second-order valence-corrected chi connectivity index (χ2v) is 6.31. The molecule has 0 saturated carbocycles. The minimum Gasteiger partial charge on any atom is -0.383 e. The SMILES string of the molecule is CSc1nc(N)cc(N2C[C@@H]3COC[C@H](C2)N(C)C3)n1. The molecule has 2 N–H and O–H groups in total. The molecule has 0 aliphatic carbocycles. The Hall–Kier alpha value is -1.05. The zero-order chi connectivity index (χ0) is 14.1. The van der Waals surface area contributed by atoms with Crippen molar-refractivity contribution >= 4 is 23.4 Å². The summed E-state index contributed by atoms with van der Waals surface area (Å²) in [7, 11) is 2.18. The molecular weight excluding hydrogens is 274 g/mol. The lowest BCUT2D eigenvalue weighted by Crippen LogP contribution is -2.42. The number of hydrogen-bond acceptors (Lipinski definition) is 7. The van der Waals surface area contributed by atoms with Crippen molar-refractivity contribution in [1.82, 2.24) is 14.9 Å². The predicted octanol–water partition coefficient (Wildman–Crippen LogP) is 0.547. The lowest BCUT2D eigenvalue weighted by molar-refractivity contribution is 0.0929. The molecule has 2 bridgehead atoms. The minimum absolute atomic E-state index is 0.413. The Morgan fingerprint density at radius 3 is 2.95 bits per heavy atom. The summed E-state index contributed by atoms with van der Waals surface area (Å²) in [5.74, 6) is 1.99. The van der Waals surface area contributed by atoms with E-state index in [1.807, 2.05) is 12.3 Å². The van der Waals surface area contributed by atoms with Crippen LogP contribution in [0, 0.1) is 5.92 Å². The summed E-state index contributed by atoms with van der Waals surface area (Å²) in [6.07, 6.45) is 1.97. The quantitative estimate of drug-likeness (QED) is 0.631. The van der Waals surface area contributed by atoms with Crippen molar-refractivity contribution in [3.8, 4) is 0 Å². The van der Waals surface area contributed by atoms with Gasteiger partial charge in [-0.3, -0.25) is 4.90 Å². The van der Waals surface area contributed by atoms with Crippen LogP contribution in [0.3, 0.4) is 0 Å². The molecule has 3 heterocycles. The third-order valence-corrected chi connectivity index (χ3v) is 4.51. The first-order chi connectivity index (χ1) is 9.65. The fourth-order valence-electron chi connectivity index (χ4n) is 2.92. The first kappa shape index (κ1) is 13.9. The van der Waals surface area contributed by atoms with Gasteiger partial charge < -0.3 is 15.4 Å². The van der Waals surface area contributed by atoms with E-state index in [1.54, 1.807) is 0 Å². The molecule has 2 atom stereocenters. The molecular formula is C13H21N5OS. The topological polar surface area (TPSA) is 67.5 Å². The van der Waals surface area contributed by atoms with E-state index in [0.29, 0.717) is 17.8 Å². The van der Waals surface area contributed by atoms with E-state index < -0.39 is 0 Å². The van der Waals surface area contributed by atoms with Crippen molar-refractivity contribution in [3.63, 3.8) is 0 Å². The van der Waals surface area contributed by atoms with E-state index in [2.05, 4.69) is 26.8 Å². The summed E-state index contributed by atoms with van der Waals surface area (Å²) in [5.41, 5.74) is 5.90. The number of hydrogen-bond donors (Lipinski definition) is 1. The number of aromatic nitrogens is 2. The van der Waals surface area contributed by atoms with Crippen LogP contribution >= 0.6 is 11.8 Å².